The van der Waals surface area contributed by atoms with Crippen molar-refractivity contribution in [2.24, 2.45) is 0 Å². The van der Waals surface area contributed by atoms with E-state index in [9.17, 15) is 18.3 Å². The fourth-order valence-electron chi connectivity index (χ4n) is 3.00. The van der Waals surface area contributed by atoms with E-state index in [-0.39, 0.29) is 11.3 Å². The van der Waals surface area contributed by atoms with E-state index in [1.54, 1.807) is 48.5 Å². The second kappa shape index (κ2) is 6.69. The van der Waals surface area contributed by atoms with Crippen molar-refractivity contribution >= 4 is 0 Å². The van der Waals surface area contributed by atoms with E-state index in [1.165, 1.54) is 36.5 Å². The number of aliphatic hydroxyl groups is 1. The zero-order valence-corrected chi connectivity index (χ0v) is 13.2. The highest BCUT2D eigenvalue weighted by Gasteiger charge is 2.60. The molecule has 1 heterocycles. The van der Waals surface area contributed by atoms with Crippen molar-refractivity contribution in [3.8, 4) is 0 Å². The lowest BCUT2D eigenvalue weighted by Gasteiger charge is -2.38. The number of aromatic nitrogens is 1. The predicted molar refractivity (Wildman–Crippen MR) is 88.9 cm³/mol. The van der Waals surface area contributed by atoms with Crippen LogP contribution in [0.2, 0.25) is 0 Å². The Morgan fingerprint density at radius 3 is 1.84 bits per heavy atom. The van der Waals surface area contributed by atoms with Crippen LogP contribution < -0.4 is 0 Å². The van der Waals surface area contributed by atoms with E-state index >= 15 is 0 Å². The van der Waals surface area contributed by atoms with Gasteiger partial charge >= 0.3 is 6.18 Å². The summed E-state index contributed by atoms with van der Waals surface area (Å²) in [5.41, 5.74) is -2.84. The molecule has 3 aromatic rings. The van der Waals surface area contributed by atoms with Gasteiger partial charge in [-0.05, 0) is 23.3 Å². The van der Waals surface area contributed by atoms with Crippen LogP contribution in [0.5, 0.6) is 0 Å². The second-order valence-electron chi connectivity index (χ2n) is 5.73. The zero-order valence-electron chi connectivity index (χ0n) is 13.2. The molecule has 3 rings (SSSR count). The van der Waals surface area contributed by atoms with E-state index in [2.05, 4.69) is 4.98 Å². The predicted octanol–water partition coefficient (Wildman–Crippen LogP) is 4.66. The van der Waals surface area contributed by atoms with Crippen LogP contribution >= 0.6 is 0 Å². The van der Waals surface area contributed by atoms with Crippen LogP contribution in [0.4, 0.5) is 13.2 Å². The van der Waals surface area contributed by atoms with Gasteiger partial charge in [-0.25, -0.2) is 0 Å². The molecule has 2 atom stereocenters. The number of alkyl halides is 3. The third-order valence-corrected chi connectivity index (χ3v) is 4.18. The Morgan fingerprint density at radius 2 is 1.32 bits per heavy atom. The minimum Gasteiger partial charge on any atom is -0.376 e. The number of rotatable bonds is 4. The van der Waals surface area contributed by atoms with Gasteiger partial charge in [0, 0.05) is 6.20 Å². The standard InChI is InChI=1S/C20H16F3NO/c21-20(22,23)19(25,16-11-5-2-6-12-16)18(15-9-3-1-4-10-15)17-13-7-8-14-24-17/h1-14,18,25H/t18-,19+/m0/s1. The van der Waals surface area contributed by atoms with Crippen LogP contribution in [-0.2, 0) is 5.60 Å². The molecule has 0 spiro atoms. The Balaban J connectivity index is 2.29. The van der Waals surface area contributed by atoms with Crippen molar-refractivity contribution in [2.45, 2.75) is 17.7 Å². The quantitative estimate of drug-likeness (QED) is 0.747. The Kier molecular flexibility index (Phi) is 4.59. The largest absolute Gasteiger partial charge is 0.422 e. The maximum atomic E-state index is 14.1. The number of pyridine rings is 1. The Labute approximate surface area is 143 Å². The molecule has 0 radical (unpaired) electrons. The number of hydrogen-bond acceptors (Lipinski definition) is 2. The molecular weight excluding hydrogens is 327 g/mol. The van der Waals surface area contributed by atoms with E-state index in [0.29, 0.717) is 5.56 Å². The fourth-order valence-corrected chi connectivity index (χ4v) is 3.00. The van der Waals surface area contributed by atoms with Gasteiger partial charge in [0.2, 0.25) is 0 Å². The van der Waals surface area contributed by atoms with Crippen molar-refractivity contribution in [1.82, 2.24) is 4.98 Å². The van der Waals surface area contributed by atoms with Crippen molar-refractivity contribution in [2.75, 3.05) is 0 Å². The summed E-state index contributed by atoms with van der Waals surface area (Å²) < 4.78 is 42.4. The summed E-state index contributed by atoms with van der Waals surface area (Å²) in [5, 5.41) is 11.0. The van der Waals surface area contributed by atoms with Gasteiger partial charge in [-0.15, -0.1) is 0 Å². The molecule has 0 unspecified atom stereocenters. The highest BCUT2D eigenvalue weighted by atomic mass is 19.4. The van der Waals surface area contributed by atoms with Gasteiger partial charge < -0.3 is 5.11 Å². The lowest BCUT2D eigenvalue weighted by Crippen LogP contribution is -2.48. The first-order chi connectivity index (χ1) is 11.9. The van der Waals surface area contributed by atoms with Gasteiger partial charge in [-0.3, -0.25) is 4.98 Å². The third kappa shape index (κ3) is 3.15. The lowest BCUT2D eigenvalue weighted by atomic mass is 9.74. The van der Waals surface area contributed by atoms with Crippen LogP contribution in [0, 0.1) is 0 Å². The summed E-state index contributed by atoms with van der Waals surface area (Å²) in [4.78, 5) is 4.10. The summed E-state index contributed by atoms with van der Waals surface area (Å²) in [6, 6.07) is 20.0. The van der Waals surface area contributed by atoms with Gasteiger partial charge in [0.15, 0.2) is 5.60 Å². The molecule has 0 aliphatic rings. The summed E-state index contributed by atoms with van der Waals surface area (Å²) >= 11 is 0. The fraction of sp³-hybridized carbons (Fsp3) is 0.150. The molecule has 0 fully saturated rings. The van der Waals surface area contributed by atoms with Gasteiger partial charge in [0.1, 0.15) is 0 Å². The average molecular weight is 343 g/mol. The molecule has 0 amide bonds. The summed E-state index contributed by atoms with van der Waals surface area (Å²) in [6.45, 7) is 0. The molecule has 2 nitrogen and oxygen atoms in total. The topological polar surface area (TPSA) is 33.1 Å². The van der Waals surface area contributed by atoms with E-state index in [1.807, 2.05) is 0 Å². The maximum absolute atomic E-state index is 14.1. The molecule has 0 saturated heterocycles. The Morgan fingerprint density at radius 1 is 0.760 bits per heavy atom. The summed E-state index contributed by atoms with van der Waals surface area (Å²) in [6.07, 6.45) is -3.47. The van der Waals surface area contributed by atoms with Gasteiger partial charge in [-0.2, -0.15) is 13.2 Å². The highest BCUT2D eigenvalue weighted by molar-refractivity contribution is 5.39. The molecule has 0 bridgehead atoms. The van der Waals surface area contributed by atoms with Crippen LogP contribution in [0.3, 0.4) is 0 Å². The maximum Gasteiger partial charge on any atom is 0.422 e. The number of benzene rings is 2. The van der Waals surface area contributed by atoms with E-state index < -0.39 is 17.7 Å². The normalized spacial score (nSPS) is 15.4. The first-order valence-electron chi connectivity index (χ1n) is 7.75. The van der Waals surface area contributed by atoms with Crippen LogP contribution in [0.15, 0.2) is 85.1 Å². The monoisotopic (exact) mass is 343 g/mol. The molecule has 0 saturated carbocycles. The van der Waals surface area contributed by atoms with Crippen molar-refractivity contribution < 1.29 is 18.3 Å². The molecular formula is C20H16F3NO. The first kappa shape index (κ1) is 17.2. The molecule has 0 aliphatic heterocycles. The minimum atomic E-state index is -4.90. The van der Waals surface area contributed by atoms with Gasteiger partial charge in [0.05, 0.1) is 11.6 Å². The summed E-state index contributed by atoms with van der Waals surface area (Å²) in [7, 11) is 0. The lowest BCUT2D eigenvalue weighted by molar-refractivity contribution is -0.272. The summed E-state index contributed by atoms with van der Waals surface area (Å²) in [5.74, 6) is -1.39. The molecule has 25 heavy (non-hydrogen) atoms. The highest BCUT2D eigenvalue weighted by Crippen LogP contribution is 2.50. The zero-order chi connectivity index (χ0) is 17.9. The van der Waals surface area contributed by atoms with Gasteiger partial charge in [-0.1, -0.05) is 66.7 Å². The molecule has 0 aliphatic carbocycles. The molecule has 1 N–H and O–H groups in total. The van der Waals surface area contributed by atoms with Crippen molar-refractivity contribution in [3.05, 3.63) is 102 Å². The van der Waals surface area contributed by atoms with Crippen molar-refractivity contribution in [3.63, 3.8) is 0 Å². The minimum absolute atomic E-state index is 0.150. The van der Waals surface area contributed by atoms with Crippen LogP contribution in [-0.4, -0.2) is 16.3 Å². The smallest absolute Gasteiger partial charge is 0.376 e. The SMILES string of the molecule is O[C@](c1ccccc1)([C@@H](c1ccccc1)c1ccccn1)C(F)(F)F. The van der Waals surface area contributed by atoms with Gasteiger partial charge in [0.25, 0.3) is 0 Å². The van der Waals surface area contributed by atoms with E-state index in [0.717, 1.165) is 0 Å². The Hall–Kier alpha value is -2.66. The van der Waals surface area contributed by atoms with E-state index in [4.69, 9.17) is 0 Å². The Bertz CT molecular complexity index is 767. The first-order valence-corrected chi connectivity index (χ1v) is 7.75. The molecule has 2 aromatic carbocycles. The van der Waals surface area contributed by atoms with Crippen LogP contribution in [0.25, 0.3) is 0 Å². The number of halogens is 3. The molecule has 1 aromatic heterocycles. The number of hydrogen-bond donors (Lipinski definition) is 1. The number of nitrogens with zero attached hydrogens (tertiary/aromatic N) is 1. The van der Waals surface area contributed by atoms with Crippen LogP contribution in [0.1, 0.15) is 22.7 Å². The molecule has 128 valence electrons. The third-order valence-electron chi connectivity index (χ3n) is 4.18. The second-order valence-corrected chi connectivity index (χ2v) is 5.73. The average Bonchev–Trinajstić information content (AvgIpc) is 2.63. The van der Waals surface area contributed by atoms with Crippen molar-refractivity contribution in [1.29, 1.82) is 0 Å². The molecule has 5 heteroatoms.